The second kappa shape index (κ2) is 41.1. The Morgan fingerprint density at radius 3 is 0.730 bits per heavy atom. The second-order valence-corrected chi connectivity index (χ2v) is 11.2. The van der Waals surface area contributed by atoms with Crippen LogP contribution in [0.1, 0.15) is 38.5 Å². The number of nitrogens with two attached hydrogens (primary N) is 6. The van der Waals surface area contributed by atoms with Gasteiger partial charge < -0.3 is 93.5 Å². The Bertz CT molecular complexity index is 1340. The van der Waals surface area contributed by atoms with E-state index < -0.39 is 127 Å². The summed E-state index contributed by atoms with van der Waals surface area (Å²) in [6.07, 6.45) is -1.89. The van der Waals surface area contributed by atoms with Gasteiger partial charge in [-0.3, -0.25) is 57.5 Å². The number of aliphatic carboxylic acids is 6. The van der Waals surface area contributed by atoms with Gasteiger partial charge >= 0.3 is 160 Å². The third kappa shape index (κ3) is 43.4. The molecule has 0 aromatic heterocycles. The molecule has 3 aliphatic rings. The number of cyclic esters (lactones) is 6. The Labute approximate surface area is 422 Å². The average molecular weight is 949 g/mol. The zero-order chi connectivity index (χ0) is 47.1. The summed E-state index contributed by atoms with van der Waals surface area (Å²) in [4.78, 5) is 123. The maximum absolute atomic E-state index is 10.8. The van der Waals surface area contributed by atoms with E-state index in [1.54, 1.807) is 0 Å². The summed E-state index contributed by atoms with van der Waals surface area (Å²) < 4.78 is 27.6. The van der Waals surface area contributed by atoms with E-state index in [4.69, 9.17) is 65.0 Å². The van der Waals surface area contributed by atoms with Crippen molar-refractivity contribution in [2.75, 3.05) is 39.6 Å². The van der Waals surface area contributed by atoms with Gasteiger partial charge in [0.15, 0.2) is 0 Å². The van der Waals surface area contributed by atoms with Crippen LogP contribution in [0.5, 0.6) is 0 Å². The first-order valence-corrected chi connectivity index (χ1v) is 16.6. The van der Waals surface area contributed by atoms with Gasteiger partial charge in [0.05, 0.1) is 38.5 Å². The van der Waals surface area contributed by atoms with Gasteiger partial charge in [-0.05, 0) is 0 Å². The Kier molecular flexibility index (Phi) is 46.4. The predicted octanol–water partition coefficient (Wildman–Crippen LogP) is -8.92. The van der Waals surface area contributed by atoms with Crippen LogP contribution in [-0.4, -0.2) is 267 Å². The number of rotatable bonds is 9. The molecule has 3 rings (SSSR count). The summed E-state index contributed by atoms with van der Waals surface area (Å²) in [6, 6.07) is -6.49. The topological polar surface area (TPSA) is 538 Å². The van der Waals surface area contributed by atoms with E-state index in [0.29, 0.717) is 0 Å². The number of esters is 6. The number of carboxylic acid groups (broad SMARTS) is 6. The van der Waals surface area contributed by atoms with Crippen LogP contribution in [0.15, 0.2) is 0 Å². The second-order valence-electron chi connectivity index (χ2n) is 11.2. The van der Waals surface area contributed by atoms with Crippen LogP contribution < -0.4 is 34.4 Å². The van der Waals surface area contributed by atoms with E-state index in [1.165, 1.54) is 0 Å². The minimum absolute atomic E-state index is 0. The molecule has 3 heterocycles. The first-order valence-electron chi connectivity index (χ1n) is 16.6. The molecular weight excluding hydrogens is 897 g/mol. The summed E-state index contributed by atoms with van der Waals surface area (Å²) in [6.45, 7) is 0.653. The van der Waals surface area contributed by atoms with Crippen molar-refractivity contribution in [3.8, 4) is 0 Å². The fraction of sp³-hybridized carbons (Fsp3) is 0.600. The Morgan fingerprint density at radius 2 is 0.587 bits per heavy atom. The number of hydrogen-bond acceptors (Lipinski definition) is 24. The van der Waals surface area contributed by atoms with E-state index >= 15 is 0 Å². The van der Waals surface area contributed by atoms with Crippen molar-refractivity contribution in [2.45, 2.75) is 74.8 Å². The van der Waals surface area contributed by atoms with Crippen molar-refractivity contribution >= 4 is 160 Å². The fourth-order valence-electron chi connectivity index (χ4n) is 3.01. The molecule has 0 saturated carbocycles. The van der Waals surface area contributed by atoms with Crippen LogP contribution in [0.4, 0.5) is 0 Å². The predicted molar refractivity (Wildman–Crippen MR) is 209 cm³/mol. The van der Waals surface area contributed by atoms with Gasteiger partial charge in [-0.25, -0.2) is 0 Å². The minimum atomic E-state index is -1.29. The molecule has 3 saturated heterocycles. The van der Waals surface area contributed by atoms with Crippen LogP contribution in [0.25, 0.3) is 0 Å². The van der Waals surface area contributed by atoms with Crippen molar-refractivity contribution in [2.24, 2.45) is 34.4 Å². The molecule has 3 aliphatic heterocycles. The molecule has 0 aromatic carbocycles. The molecule has 0 bridgehead atoms. The Hall–Kier alpha value is -3.60. The molecule has 0 aliphatic carbocycles. The molecule has 4 unspecified atom stereocenters. The van der Waals surface area contributed by atoms with Crippen molar-refractivity contribution in [1.82, 2.24) is 0 Å². The molecule has 63 heavy (non-hydrogen) atoms. The van der Waals surface area contributed by atoms with Gasteiger partial charge in [-0.2, -0.15) is 0 Å². The summed E-state index contributed by atoms with van der Waals surface area (Å²) >= 11 is 0. The zero-order valence-electron chi connectivity index (χ0n) is 31.4. The van der Waals surface area contributed by atoms with Crippen molar-refractivity contribution < 1.29 is 117 Å². The SMILES string of the molecule is NC(CC(=O)O)C(=O)O.NC(CC(=O)O)C(=O)O.NC(CC(=O)O)C(=O)O.NC1CC(=O)OCCOC1=O.N[C@H]1CC(=O)OCCOC1=O.N[C@H]1CC(=O)OCCOC1=O.[NaH].[NaH].[NaH]. The number of ether oxygens (including phenoxy) is 6. The standard InChI is InChI=1S/3C6H9NO4.3C4H7NO4.3Na.3H/c3*7-4-3-5(8)10-1-2-11-6(4)9;3*5-2(4(8)9)1-3(6)7;;;;;;/h3*4H,1-3,7H2;3*2H,1,5H2,(H,6,7)(H,8,9);;;;;;/t2*4-;;;;;;;;;;/m00........../s1. The molecule has 348 valence electrons. The van der Waals surface area contributed by atoms with Crippen LogP contribution in [-0.2, 0) is 86.0 Å². The van der Waals surface area contributed by atoms with E-state index in [0.717, 1.165) is 0 Å². The van der Waals surface area contributed by atoms with Gasteiger partial charge in [0.1, 0.15) is 75.9 Å². The van der Waals surface area contributed by atoms with E-state index in [2.05, 4.69) is 28.4 Å². The number of carboxylic acids is 6. The average Bonchev–Trinajstić information content (AvgIpc) is 3.12. The van der Waals surface area contributed by atoms with E-state index in [-0.39, 0.29) is 148 Å². The van der Waals surface area contributed by atoms with Crippen LogP contribution in [0.3, 0.4) is 0 Å². The summed E-state index contributed by atoms with van der Waals surface area (Å²) in [5.41, 5.74) is 30.3. The first kappa shape index (κ1) is 71.0. The summed E-state index contributed by atoms with van der Waals surface area (Å²) in [5.74, 6) is -10.5. The van der Waals surface area contributed by atoms with Gasteiger partial charge in [0, 0.05) is 0 Å². The van der Waals surface area contributed by atoms with Gasteiger partial charge in [0.2, 0.25) is 0 Å². The maximum atomic E-state index is 10.8. The normalized spacial score (nSPS) is 19.2. The van der Waals surface area contributed by atoms with E-state index in [9.17, 15) is 57.5 Å². The quantitative estimate of drug-likeness (QED) is 0.0580. The van der Waals surface area contributed by atoms with Gasteiger partial charge in [0.25, 0.3) is 0 Å². The molecule has 0 radical (unpaired) electrons. The van der Waals surface area contributed by atoms with Crippen molar-refractivity contribution in [3.63, 3.8) is 0 Å². The van der Waals surface area contributed by atoms with Gasteiger partial charge in [-0.1, -0.05) is 0 Å². The summed E-state index contributed by atoms with van der Waals surface area (Å²) in [5, 5.41) is 48.1. The molecule has 33 heteroatoms. The number of carbonyl (C=O) groups excluding carboxylic acids is 6. The third-order valence-electron chi connectivity index (χ3n) is 5.98. The molecular formula is C30H51N6Na3O24. The molecule has 0 amide bonds. The zero-order valence-corrected chi connectivity index (χ0v) is 31.4. The van der Waals surface area contributed by atoms with Crippen LogP contribution >= 0.6 is 0 Å². The monoisotopic (exact) mass is 948 g/mol. The Balaban J connectivity index is -0.000000154. The van der Waals surface area contributed by atoms with Crippen LogP contribution in [0, 0.1) is 0 Å². The van der Waals surface area contributed by atoms with Gasteiger partial charge in [-0.15, -0.1) is 0 Å². The molecule has 0 aromatic rings. The molecule has 18 N–H and O–H groups in total. The molecule has 0 spiro atoms. The van der Waals surface area contributed by atoms with Crippen molar-refractivity contribution in [3.05, 3.63) is 0 Å². The van der Waals surface area contributed by atoms with Crippen LogP contribution in [0.2, 0.25) is 0 Å². The third-order valence-corrected chi connectivity index (χ3v) is 5.98. The first-order chi connectivity index (χ1) is 27.7. The van der Waals surface area contributed by atoms with E-state index in [1.807, 2.05) is 0 Å². The summed E-state index contributed by atoms with van der Waals surface area (Å²) in [7, 11) is 0. The number of carbonyl (C=O) groups is 12. The fourth-order valence-corrected chi connectivity index (χ4v) is 3.01. The Morgan fingerprint density at radius 1 is 0.413 bits per heavy atom. The number of hydrogen-bond donors (Lipinski definition) is 12. The molecule has 3 fully saturated rings. The molecule has 6 atom stereocenters. The van der Waals surface area contributed by atoms with Crippen molar-refractivity contribution in [1.29, 1.82) is 0 Å². The molecule has 30 nitrogen and oxygen atoms in total.